The summed E-state index contributed by atoms with van der Waals surface area (Å²) in [7, 11) is 0. The van der Waals surface area contributed by atoms with E-state index in [1.807, 2.05) is 11.0 Å². The quantitative estimate of drug-likeness (QED) is 0.358. The molecule has 0 aromatic heterocycles. The van der Waals surface area contributed by atoms with E-state index in [9.17, 15) is 14.9 Å². The number of nitro benzene ring substituents is 1. The van der Waals surface area contributed by atoms with Crippen LogP contribution in [0.3, 0.4) is 0 Å². The molecule has 2 aromatic rings. The van der Waals surface area contributed by atoms with Crippen LogP contribution in [-0.2, 0) is 6.54 Å². The number of carbonyl (C=O) groups excluding carboxylic acids is 1. The average Bonchev–Trinajstić information content (AvgIpc) is 3.38. The van der Waals surface area contributed by atoms with Gasteiger partial charge in [-0.15, -0.1) is 0 Å². The standard InChI is InChI=1S/C25H33N5O3/c31-25(22-9-10-23(24(19-22)30(32)33)29-13-4-5-14-29)26-11-6-12-27-15-17-28(18-16-27)20-21-7-2-1-3-8-21/h1-3,7-10,19H,4-6,11-18,20H2,(H,26,31). The Balaban J connectivity index is 1.19. The van der Waals surface area contributed by atoms with Crippen molar-refractivity contribution in [1.29, 1.82) is 0 Å². The van der Waals surface area contributed by atoms with Gasteiger partial charge in [-0.3, -0.25) is 19.8 Å². The highest BCUT2D eigenvalue weighted by molar-refractivity contribution is 5.95. The Bertz CT molecular complexity index is 938. The Labute approximate surface area is 195 Å². The number of rotatable bonds is 9. The molecule has 2 aliphatic rings. The highest BCUT2D eigenvalue weighted by atomic mass is 16.6. The van der Waals surface area contributed by atoms with Crippen LogP contribution in [0.15, 0.2) is 48.5 Å². The van der Waals surface area contributed by atoms with Gasteiger partial charge in [-0.25, -0.2) is 0 Å². The largest absolute Gasteiger partial charge is 0.366 e. The highest BCUT2D eigenvalue weighted by Gasteiger charge is 2.24. The third-order valence-corrected chi connectivity index (χ3v) is 6.53. The zero-order valence-corrected chi connectivity index (χ0v) is 19.1. The first-order valence-electron chi connectivity index (χ1n) is 11.9. The Kier molecular flexibility index (Phi) is 7.91. The predicted octanol–water partition coefficient (Wildman–Crippen LogP) is 3.13. The van der Waals surface area contributed by atoms with Gasteiger partial charge in [0.2, 0.25) is 0 Å². The maximum absolute atomic E-state index is 12.6. The summed E-state index contributed by atoms with van der Waals surface area (Å²) in [6, 6.07) is 15.4. The van der Waals surface area contributed by atoms with Crippen LogP contribution in [-0.4, -0.2) is 73.0 Å². The average molecular weight is 452 g/mol. The summed E-state index contributed by atoms with van der Waals surface area (Å²) < 4.78 is 0. The molecule has 176 valence electrons. The molecule has 0 atom stereocenters. The second kappa shape index (κ2) is 11.2. The van der Waals surface area contributed by atoms with Crippen molar-refractivity contribution < 1.29 is 9.72 Å². The van der Waals surface area contributed by atoms with E-state index < -0.39 is 0 Å². The van der Waals surface area contributed by atoms with Gasteiger partial charge in [-0.05, 0) is 43.5 Å². The number of carbonyl (C=O) groups is 1. The number of nitro groups is 1. The van der Waals surface area contributed by atoms with Crippen LogP contribution in [0.4, 0.5) is 11.4 Å². The van der Waals surface area contributed by atoms with Gasteiger partial charge in [0.05, 0.1) is 4.92 Å². The van der Waals surface area contributed by atoms with E-state index >= 15 is 0 Å². The molecule has 0 radical (unpaired) electrons. The molecule has 2 fully saturated rings. The van der Waals surface area contributed by atoms with Crippen LogP contribution < -0.4 is 10.2 Å². The number of nitrogens with zero attached hydrogens (tertiary/aromatic N) is 4. The number of benzene rings is 2. The third-order valence-electron chi connectivity index (χ3n) is 6.53. The van der Waals surface area contributed by atoms with Gasteiger partial charge in [-0.2, -0.15) is 0 Å². The van der Waals surface area contributed by atoms with Crippen molar-refractivity contribution in [3.05, 3.63) is 69.8 Å². The van der Waals surface area contributed by atoms with E-state index in [-0.39, 0.29) is 16.5 Å². The van der Waals surface area contributed by atoms with Crippen LogP contribution in [0.2, 0.25) is 0 Å². The molecule has 0 bridgehead atoms. The predicted molar refractivity (Wildman–Crippen MR) is 130 cm³/mol. The van der Waals surface area contributed by atoms with E-state index in [4.69, 9.17) is 0 Å². The number of anilines is 1. The summed E-state index contributed by atoms with van der Waals surface area (Å²) in [5, 5.41) is 14.5. The van der Waals surface area contributed by atoms with Crippen molar-refractivity contribution >= 4 is 17.3 Å². The van der Waals surface area contributed by atoms with Gasteiger partial charge in [0.1, 0.15) is 5.69 Å². The van der Waals surface area contributed by atoms with E-state index in [1.165, 1.54) is 11.6 Å². The molecule has 2 aromatic carbocycles. The van der Waals surface area contributed by atoms with Gasteiger partial charge in [0, 0.05) is 64.0 Å². The van der Waals surface area contributed by atoms with Crippen LogP contribution in [0.25, 0.3) is 0 Å². The van der Waals surface area contributed by atoms with Crippen molar-refractivity contribution in [2.45, 2.75) is 25.8 Å². The lowest BCUT2D eigenvalue weighted by molar-refractivity contribution is -0.384. The summed E-state index contributed by atoms with van der Waals surface area (Å²) in [5.74, 6) is -0.251. The monoisotopic (exact) mass is 451 g/mol. The Hall–Kier alpha value is -2.97. The molecule has 2 heterocycles. The molecule has 8 heteroatoms. The molecule has 4 rings (SSSR count). The van der Waals surface area contributed by atoms with Crippen molar-refractivity contribution in [2.75, 3.05) is 57.3 Å². The van der Waals surface area contributed by atoms with Crippen molar-refractivity contribution in [2.24, 2.45) is 0 Å². The van der Waals surface area contributed by atoms with Gasteiger partial charge in [0.25, 0.3) is 11.6 Å². The molecule has 1 amide bonds. The number of hydrogen-bond acceptors (Lipinski definition) is 6. The zero-order valence-electron chi connectivity index (χ0n) is 19.1. The zero-order chi connectivity index (χ0) is 23.0. The summed E-state index contributed by atoms with van der Waals surface area (Å²) in [4.78, 5) is 30.7. The highest BCUT2D eigenvalue weighted by Crippen LogP contribution is 2.31. The first-order valence-corrected chi connectivity index (χ1v) is 11.9. The Morgan fingerprint density at radius 3 is 2.33 bits per heavy atom. The Morgan fingerprint density at radius 1 is 0.939 bits per heavy atom. The second-order valence-corrected chi connectivity index (χ2v) is 8.87. The smallest absolute Gasteiger partial charge is 0.293 e. The molecule has 0 saturated carbocycles. The molecule has 0 unspecified atom stereocenters. The van der Waals surface area contributed by atoms with Gasteiger partial charge in [-0.1, -0.05) is 30.3 Å². The number of amides is 1. The first kappa shape index (κ1) is 23.2. The van der Waals surface area contributed by atoms with Crippen LogP contribution in [0.1, 0.15) is 35.2 Å². The summed E-state index contributed by atoms with van der Waals surface area (Å²) in [5.41, 5.74) is 2.32. The van der Waals surface area contributed by atoms with E-state index in [0.717, 1.165) is 71.6 Å². The molecule has 8 nitrogen and oxygen atoms in total. The Morgan fingerprint density at radius 2 is 1.64 bits per heavy atom. The van der Waals surface area contributed by atoms with Crippen molar-refractivity contribution in [1.82, 2.24) is 15.1 Å². The lowest BCUT2D eigenvalue weighted by Gasteiger charge is -2.34. The number of hydrogen-bond donors (Lipinski definition) is 1. The third kappa shape index (κ3) is 6.30. The maximum Gasteiger partial charge on any atom is 0.293 e. The van der Waals surface area contributed by atoms with Gasteiger partial charge >= 0.3 is 0 Å². The van der Waals surface area contributed by atoms with Crippen molar-refractivity contribution in [3.63, 3.8) is 0 Å². The van der Waals surface area contributed by atoms with E-state index in [1.54, 1.807) is 12.1 Å². The molecule has 2 saturated heterocycles. The van der Waals surface area contributed by atoms with Crippen LogP contribution in [0, 0.1) is 10.1 Å². The normalized spacial score (nSPS) is 17.3. The van der Waals surface area contributed by atoms with E-state index in [0.29, 0.717) is 17.8 Å². The van der Waals surface area contributed by atoms with Gasteiger partial charge < -0.3 is 15.1 Å². The fourth-order valence-electron chi connectivity index (χ4n) is 4.66. The minimum atomic E-state index is -0.387. The summed E-state index contributed by atoms with van der Waals surface area (Å²) >= 11 is 0. The van der Waals surface area contributed by atoms with Gasteiger partial charge in [0.15, 0.2) is 0 Å². The second-order valence-electron chi connectivity index (χ2n) is 8.87. The minimum Gasteiger partial charge on any atom is -0.366 e. The summed E-state index contributed by atoms with van der Waals surface area (Å²) in [6.45, 7) is 8.31. The maximum atomic E-state index is 12.6. The molecular weight excluding hydrogens is 418 g/mol. The molecular formula is C25H33N5O3. The topological polar surface area (TPSA) is 82.0 Å². The fourth-order valence-corrected chi connectivity index (χ4v) is 4.66. The molecule has 0 aliphatic carbocycles. The fraction of sp³-hybridized carbons (Fsp3) is 0.480. The number of nitrogens with one attached hydrogen (secondary N) is 1. The molecule has 33 heavy (non-hydrogen) atoms. The molecule has 2 aliphatic heterocycles. The lowest BCUT2D eigenvalue weighted by Crippen LogP contribution is -2.46. The minimum absolute atomic E-state index is 0.0120. The van der Waals surface area contributed by atoms with Crippen LogP contribution >= 0.6 is 0 Å². The lowest BCUT2D eigenvalue weighted by atomic mass is 10.1. The molecule has 1 N–H and O–H groups in total. The SMILES string of the molecule is O=C(NCCCN1CCN(Cc2ccccc2)CC1)c1ccc(N2CCCC2)c([N+](=O)[O-])c1. The summed E-state index contributed by atoms with van der Waals surface area (Å²) in [6.07, 6.45) is 2.95. The molecule has 0 spiro atoms. The number of piperazine rings is 1. The van der Waals surface area contributed by atoms with Crippen molar-refractivity contribution in [3.8, 4) is 0 Å². The van der Waals surface area contributed by atoms with Crippen LogP contribution in [0.5, 0.6) is 0 Å². The van der Waals surface area contributed by atoms with E-state index in [2.05, 4.69) is 39.4 Å². The first-order chi connectivity index (χ1) is 16.1.